The summed E-state index contributed by atoms with van der Waals surface area (Å²) < 4.78 is 14.8. The van der Waals surface area contributed by atoms with Gasteiger partial charge in [0.15, 0.2) is 11.5 Å². The lowest BCUT2D eigenvalue weighted by atomic mass is 10.2. The van der Waals surface area contributed by atoms with Gasteiger partial charge in [0.05, 0.1) is 7.11 Å². The van der Waals surface area contributed by atoms with Gasteiger partial charge in [-0.15, -0.1) is 0 Å². The van der Waals surface area contributed by atoms with Crippen molar-refractivity contribution in [3.05, 3.63) is 71.8 Å². The standard InChI is InChI=1S/C22H22O7/c1-27-20-13-17(7-10-19(20)24)9-12-22(26)29-15-18(23)14-28-21(25)11-8-16-5-3-2-4-6-16/h2-13,18,23-24H,14-15H2,1H3. The van der Waals surface area contributed by atoms with Crippen LogP contribution in [0.2, 0.25) is 0 Å². The second-order valence-corrected chi connectivity index (χ2v) is 5.92. The molecular formula is C22H22O7. The highest BCUT2D eigenvalue weighted by atomic mass is 16.6. The first kappa shape index (κ1) is 21.7. The molecule has 1 atom stereocenters. The van der Waals surface area contributed by atoms with Crippen LogP contribution in [0, 0.1) is 0 Å². The second-order valence-electron chi connectivity index (χ2n) is 5.92. The highest BCUT2D eigenvalue weighted by Gasteiger charge is 2.10. The highest BCUT2D eigenvalue weighted by Crippen LogP contribution is 2.26. The molecular weight excluding hydrogens is 376 g/mol. The third-order valence-electron chi connectivity index (χ3n) is 3.66. The number of rotatable bonds is 9. The van der Waals surface area contributed by atoms with E-state index in [9.17, 15) is 19.8 Å². The van der Waals surface area contributed by atoms with Crippen LogP contribution in [0.25, 0.3) is 12.2 Å². The fraction of sp³-hybridized carbons (Fsp3) is 0.182. The Balaban J connectivity index is 1.71. The number of esters is 2. The van der Waals surface area contributed by atoms with Gasteiger partial charge in [-0.3, -0.25) is 0 Å². The van der Waals surface area contributed by atoms with Gasteiger partial charge in [0.2, 0.25) is 0 Å². The van der Waals surface area contributed by atoms with Gasteiger partial charge in [-0.05, 0) is 35.4 Å². The van der Waals surface area contributed by atoms with Gasteiger partial charge >= 0.3 is 11.9 Å². The lowest BCUT2D eigenvalue weighted by molar-refractivity contribution is -0.146. The molecule has 2 aromatic carbocycles. The van der Waals surface area contributed by atoms with Crippen LogP contribution in [0.5, 0.6) is 11.5 Å². The average Bonchev–Trinajstić information content (AvgIpc) is 2.74. The minimum atomic E-state index is -1.14. The van der Waals surface area contributed by atoms with Crippen LogP contribution in [-0.4, -0.2) is 48.6 Å². The summed E-state index contributed by atoms with van der Waals surface area (Å²) in [6.45, 7) is -0.623. The Hall–Kier alpha value is -3.58. The summed E-state index contributed by atoms with van der Waals surface area (Å²) >= 11 is 0. The zero-order chi connectivity index (χ0) is 21.1. The average molecular weight is 398 g/mol. The van der Waals surface area contributed by atoms with Crippen molar-refractivity contribution in [3.8, 4) is 11.5 Å². The second kappa shape index (κ2) is 11.3. The predicted octanol–water partition coefficient (Wildman–Crippen LogP) is 2.57. The zero-order valence-electron chi connectivity index (χ0n) is 15.9. The van der Waals surface area contributed by atoms with Crippen molar-refractivity contribution in [2.45, 2.75) is 6.10 Å². The molecule has 2 N–H and O–H groups in total. The molecule has 7 heteroatoms. The molecule has 0 aliphatic carbocycles. The number of aliphatic hydroxyl groups is 1. The summed E-state index contributed by atoms with van der Waals surface area (Å²) in [4.78, 5) is 23.3. The van der Waals surface area contributed by atoms with E-state index in [0.29, 0.717) is 5.56 Å². The molecule has 0 heterocycles. The van der Waals surface area contributed by atoms with Crippen LogP contribution in [0.15, 0.2) is 60.7 Å². The van der Waals surface area contributed by atoms with Gasteiger partial charge in [-0.2, -0.15) is 0 Å². The molecule has 0 spiro atoms. The lowest BCUT2D eigenvalue weighted by Gasteiger charge is -2.10. The molecule has 0 aliphatic rings. The molecule has 0 aromatic heterocycles. The molecule has 1 unspecified atom stereocenters. The number of carbonyl (C=O) groups is 2. The summed E-state index contributed by atoms with van der Waals surface area (Å²) in [6.07, 6.45) is 4.36. The van der Waals surface area contributed by atoms with Crippen molar-refractivity contribution in [2.24, 2.45) is 0 Å². The van der Waals surface area contributed by atoms with Crippen molar-refractivity contribution in [2.75, 3.05) is 20.3 Å². The van der Waals surface area contributed by atoms with E-state index >= 15 is 0 Å². The molecule has 0 aliphatic heterocycles. The van der Waals surface area contributed by atoms with E-state index in [-0.39, 0.29) is 24.7 Å². The number of phenolic OH excluding ortho intramolecular Hbond substituents is 1. The summed E-state index contributed by atoms with van der Waals surface area (Å²) in [5.41, 5.74) is 1.47. The molecule has 0 saturated carbocycles. The largest absolute Gasteiger partial charge is 0.504 e. The minimum absolute atomic E-state index is 0.0106. The maximum Gasteiger partial charge on any atom is 0.330 e. The molecule has 152 valence electrons. The zero-order valence-corrected chi connectivity index (χ0v) is 15.9. The van der Waals surface area contributed by atoms with Crippen molar-refractivity contribution in [3.63, 3.8) is 0 Å². The Bertz CT molecular complexity index is 872. The van der Waals surface area contributed by atoms with Gasteiger partial charge in [0, 0.05) is 12.2 Å². The third-order valence-corrected chi connectivity index (χ3v) is 3.66. The van der Waals surface area contributed by atoms with E-state index in [2.05, 4.69) is 0 Å². The quantitative estimate of drug-likeness (QED) is 0.494. The Kier molecular flexibility index (Phi) is 8.47. The number of aliphatic hydroxyl groups excluding tert-OH is 1. The van der Waals surface area contributed by atoms with E-state index in [0.717, 1.165) is 5.56 Å². The Morgan fingerprint density at radius 1 is 0.931 bits per heavy atom. The smallest absolute Gasteiger partial charge is 0.330 e. The summed E-state index contributed by atoms with van der Waals surface area (Å²) in [6, 6.07) is 13.8. The Labute approximate surface area is 168 Å². The number of carbonyl (C=O) groups excluding carboxylic acids is 2. The maximum absolute atomic E-state index is 11.7. The molecule has 0 saturated heterocycles. The number of benzene rings is 2. The maximum atomic E-state index is 11.7. The van der Waals surface area contributed by atoms with Gasteiger partial charge in [0.1, 0.15) is 19.3 Å². The molecule has 29 heavy (non-hydrogen) atoms. The van der Waals surface area contributed by atoms with E-state index < -0.39 is 18.0 Å². The van der Waals surface area contributed by atoms with E-state index in [1.165, 1.54) is 31.4 Å². The molecule has 2 rings (SSSR count). The molecule has 0 radical (unpaired) electrons. The Morgan fingerprint density at radius 2 is 1.52 bits per heavy atom. The SMILES string of the molecule is COc1cc(C=CC(=O)OCC(O)COC(=O)C=Cc2ccccc2)ccc1O. The number of ether oxygens (including phenoxy) is 3. The number of aromatic hydroxyl groups is 1. The van der Waals surface area contributed by atoms with Gasteiger partial charge in [-0.25, -0.2) is 9.59 Å². The first-order valence-corrected chi connectivity index (χ1v) is 8.77. The summed E-state index contributed by atoms with van der Waals surface area (Å²) in [5, 5.41) is 19.3. The molecule has 0 fully saturated rings. The minimum Gasteiger partial charge on any atom is -0.504 e. The number of phenols is 1. The predicted molar refractivity (Wildman–Crippen MR) is 107 cm³/mol. The molecule has 2 aromatic rings. The number of hydrogen-bond acceptors (Lipinski definition) is 7. The van der Waals surface area contributed by atoms with E-state index in [1.807, 2.05) is 30.3 Å². The van der Waals surface area contributed by atoms with Crippen molar-refractivity contribution in [1.82, 2.24) is 0 Å². The fourth-order valence-electron chi connectivity index (χ4n) is 2.19. The molecule has 0 amide bonds. The van der Waals surface area contributed by atoms with Gasteiger partial charge in [-0.1, -0.05) is 36.4 Å². The summed E-state index contributed by atoms with van der Waals surface area (Å²) in [5.74, 6) is -1.02. The molecule has 0 bridgehead atoms. The van der Waals surface area contributed by atoms with E-state index in [1.54, 1.807) is 18.2 Å². The molecule has 7 nitrogen and oxygen atoms in total. The normalized spacial score (nSPS) is 12.1. The van der Waals surface area contributed by atoms with Crippen LogP contribution < -0.4 is 4.74 Å². The highest BCUT2D eigenvalue weighted by molar-refractivity contribution is 5.87. The van der Waals surface area contributed by atoms with Crippen molar-refractivity contribution < 1.29 is 34.0 Å². The topological polar surface area (TPSA) is 102 Å². The van der Waals surface area contributed by atoms with Crippen LogP contribution in [-0.2, 0) is 19.1 Å². The number of hydrogen-bond donors (Lipinski definition) is 2. The van der Waals surface area contributed by atoms with E-state index in [4.69, 9.17) is 14.2 Å². The first-order chi connectivity index (χ1) is 14.0. The first-order valence-electron chi connectivity index (χ1n) is 8.77. The van der Waals surface area contributed by atoms with Gasteiger partial charge in [0.25, 0.3) is 0 Å². The third kappa shape index (κ3) is 7.90. The van der Waals surface area contributed by atoms with Crippen LogP contribution >= 0.6 is 0 Å². The van der Waals surface area contributed by atoms with Crippen LogP contribution in [0.4, 0.5) is 0 Å². The van der Waals surface area contributed by atoms with Crippen LogP contribution in [0.3, 0.4) is 0 Å². The van der Waals surface area contributed by atoms with Crippen LogP contribution in [0.1, 0.15) is 11.1 Å². The lowest BCUT2D eigenvalue weighted by Crippen LogP contribution is -2.24. The van der Waals surface area contributed by atoms with Gasteiger partial charge < -0.3 is 24.4 Å². The number of methoxy groups -OCH3 is 1. The summed E-state index contributed by atoms with van der Waals surface area (Å²) in [7, 11) is 1.42. The van der Waals surface area contributed by atoms with Crippen molar-refractivity contribution >= 4 is 24.1 Å². The Morgan fingerprint density at radius 3 is 2.10 bits per heavy atom. The van der Waals surface area contributed by atoms with Crippen molar-refractivity contribution in [1.29, 1.82) is 0 Å². The fourth-order valence-corrected chi connectivity index (χ4v) is 2.19. The monoisotopic (exact) mass is 398 g/mol.